The normalized spacial score (nSPS) is 14.8. The topological polar surface area (TPSA) is 203 Å². The first-order valence-electron chi connectivity index (χ1n) is 17.0. The fraction of sp³-hybridized carbons (Fsp3) is 0.429. The minimum absolute atomic E-state index is 0.0892. The number of aryl methyl sites for hydroxylation is 2. The maximum atomic E-state index is 13.3. The van der Waals surface area contributed by atoms with Gasteiger partial charge in [-0.2, -0.15) is 5.10 Å². The van der Waals surface area contributed by atoms with Gasteiger partial charge in [0.15, 0.2) is 5.65 Å². The lowest BCUT2D eigenvalue weighted by molar-refractivity contribution is -0.124. The summed E-state index contributed by atoms with van der Waals surface area (Å²) in [6.45, 7) is 4.23. The molecule has 0 saturated carbocycles. The van der Waals surface area contributed by atoms with E-state index in [4.69, 9.17) is 10.2 Å². The second-order valence-electron chi connectivity index (χ2n) is 12.5. The molecule has 1 aliphatic heterocycles. The lowest BCUT2D eigenvalue weighted by atomic mass is 10.0. The highest BCUT2D eigenvalue weighted by atomic mass is 31.1. The maximum Gasteiger partial charge on any atom is 0.329 e. The number of allylic oxidation sites excluding steroid dienone is 1. The number of hydrogen-bond acceptors (Lipinski definition) is 9. The van der Waals surface area contributed by atoms with E-state index in [1.807, 2.05) is 18.2 Å². The molecule has 15 nitrogen and oxygen atoms in total. The largest absolute Gasteiger partial charge is 0.372 e. The number of fused-ring (bicyclic) bond motifs is 2. The van der Waals surface area contributed by atoms with Crippen molar-refractivity contribution in [1.29, 1.82) is 5.41 Å². The highest BCUT2D eigenvalue weighted by Gasteiger charge is 2.27. The Bertz CT molecular complexity index is 1980. The Morgan fingerprint density at radius 3 is 2.63 bits per heavy atom. The summed E-state index contributed by atoms with van der Waals surface area (Å²) in [4.78, 5) is 64.6. The van der Waals surface area contributed by atoms with E-state index in [-0.39, 0.29) is 43.1 Å². The molecule has 5 N–H and O–H groups in total. The number of aldehydes is 1. The van der Waals surface area contributed by atoms with Crippen LogP contribution in [0, 0.1) is 5.41 Å². The fourth-order valence-corrected chi connectivity index (χ4v) is 7.62. The lowest BCUT2D eigenvalue weighted by Crippen LogP contribution is -2.48. The van der Waals surface area contributed by atoms with Crippen LogP contribution in [0.5, 0.6) is 0 Å². The van der Waals surface area contributed by atoms with Gasteiger partial charge in [0.2, 0.25) is 12.3 Å². The molecule has 4 aromatic rings. The molecule has 52 heavy (non-hydrogen) atoms. The van der Waals surface area contributed by atoms with Crippen molar-refractivity contribution in [2.24, 2.45) is 12.8 Å². The van der Waals surface area contributed by atoms with Crippen molar-refractivity contribution in [2.75, 3.05) is 33.2 Å². The minimum Gasteiger partial charge on any atom is -0.372 e. The number of para-hydroxylation sites is 1. The molecule has 3 amide bonds. The number of amides is 3. The Hall–Kier alpha value is -5.08. The standard InChI is InChI=1S/C34H43FN9O4P.CH3NO/c1-22(35)16-39-33(47)29-18-38-30-14-24(17-40-44(29)30)25(15-36)21-49-26-19-42(20-26)12-5-4-8-23-9-6-10-27-31(23)41(3)34(48)43(27)28(11-7-13-45)32(46)37-2;2-1-3/h6,9-10,13-15,17-18,21-22,26,28,36,49H,4-5,7-8,11-12,16,19-20H2,1-3H3,(H,37,46)(H,39,47);1H,(H2,2,3)/b25-21+,36-15?;. The molecular formula is C35H46FN10O5P. The Labute approximate surface area is 302 Å². The number of hydrogen-bond donors (Lipinski definition) is 4. The van der Waals surface area contributed by atoms with Gasteiger partial charge in [-0.25, -0.2) is 18.7 Å². The zero-order chi connectivity index (χ0) is 37.8. The number of rotatable bonds is 17. The fourth-order valence-electron chi connectivity index (χ4n) is 6.23. The molecule has 1 fully saturated rings. The molecule has 1 aliphatic rings. The first-order valence-corrected chi connectivity index (χ1v) is 18.2. The molecule has 278 valence electrons. The van der Waals surface area contributed by atoms with Gasteiger partial charge in [-0.3, -0.25) is 23.5 Å². The molecule has 17 heteroatoms. The van der Waals surface area contributed by atoms with Crippen molar-refractivity contribution in [3.05, 3.63) is 69.8 Å². The van der Waals surface area contributed by atoms with Gasteiger partial charge in [0, 0.05) is 63.2 Å². The zero-order valence-electron chi connectivity index (χ0n) is 29.5. The molecular weight excluding hydrogens is 690 g/mol. The number of nitrogens with two attached hydrogens (primary N) is 1. The summed E-state index contributed by atoms with van der Waals surface area (Å²) < 4.78 is 17.7. The summed E-state index contributed by atoms with van der Waals surface area (Å²) in [6.07, 6.45) is 7.39. The predicted molar refractivity (Wildman–Crippen MR) is 200 cm³/mol. The number of halogens is 1. The summed E-state index contributed by atoms with van der Waals surface area (Å²) in [5.74, 6) is 1.33. The van der Waals surface area contributed by atoms with Crippen LogP contribution in [0.2, 0.25) is 0 Å². The van der Waals surface area contributed by atoms with E-state index in [0.29, 0.717) is 25.4 Å². The summed E-state index contributed by atoms with van der Waals surface area (Å²) in [7, 11) is 3.80. The summed E-state index contributed by atoms with van der Waals surface area (Å²) >= 11 is 0. The van der Waals surface area contributed by atoms with Crippen molar-refractivity contribution < 1.29 is 23.6 Å². The van der Waals surface area contributed by atoms with Gasteiger partial charge in [-0.15, -0.1) is 0 Å². The average molecular weight is 737 g/mol. The van der Waals surface area contributed by atoms with Crippen LogP contribution < -0.4 is 22.1 Å². The molecule has 0 spiro atoms. The minimum atomic E-state index is -1.16. The van der Waals surface area contributed by atoms with Gasteiger partial charge >= 0.3 is 5.69 Å². The van der Waals surface area contributed by atoms with E-state index in [1.54, 1.807) is 23.9 Å². The van der Waals surface area contributed by atoms with E-state index in [0.717, 1.165) is 67.4 Å². The predicted octanol–water partition coefficient (Wildman–Crippen LogP) is 2.21. The Morgan fingerprint density at radius 2 is 1.96 bits per heavy atom. The van der Waals surface area contributed by atoms with Crippen LogP contribution in [-0.4, -0.2) is 104 Å². The second kappa shape index (κ2) is 19.0. The van der Waals surface area contributed by atoms with E-state index in [1.165, 1.54) is 35.5 Å². The number of aromatic nitrogens is 5. The number of carbonyl (C=O) groups excluding carboxylic acids is 4. The number of likely N-dealkylation sites (tertiary alicyclic amines) is 1. The number of primary amides is 1. The van der Waals surface area contributed by atoms with Crippen LogP contribution in [0.15, 0.2) is 47.3 Å². The van der Waals surface area contributed by atoms with Gasteiger partial charge in [0.05, 0.1) is 23.4 Å². The number of carbonyl (C=O) groups is 4. The zero-order valence-corrected chi connectivity index (χ0v) is 30.5. The lowest BCUT2D eigenvalue weighted by Gasteiger charge is -2.39. The number of imidazole rings is 2. The Kier molecular flexibility index (Phi) is 14.5. The summed E-state index contributed by atoms with van der Waals surface area (Å²) in [6, 6.07) is 6.85. The smallest absolute Gasteiger partial charge is 0.329 e. The van der Waals surface area contributed by atoms with Gasteiger partial charge in [-0.1, -0.05) is 26.5 Å². The van der Waals surface area contributed by atoms with Gasteiger partial charge in [0.25, 0.3) is 5.91 Å². The molecule has 3 aromatic heterocycles. The number of benzene rings is 1. The van der Waals surface area contributed by atoms with Crippen LogP contribution in [0.3, 0.4) is 0 Å². The quantitative estimate of drug-likeness (QED) is 0.0547. The monoisotopic (exact) mass is 736 g/mol. The first-order chi connectivity index (χ1) is 25.1. The van der Waals surface area contributed by atoms with Crippen LogP contribution in [-0.2, 0) is 27.9 Å². The SMILES string of the molecule is CNC(=O)C(CCC=O)n1c(=O)n(C)c2c(CCCCN3CC(P/C=C(\C=N)c4cnn5c(C(=O)NCC(C)F)cnc5c4)C3)cccc21.NC=O. The highest BCUT2D eigenvalue weighted by Crippen LogP contribution is 2.32. The van der Waals surface area contributed by atoms with Crippen LogP contribution in [0.4, 0.5) is 4.39 Å². The van der Waals surface area contributed by atoms with Crippen LogP contribution in [0.25, 0.3) is 22.3 Å². The highest BCUT2D eigenvalue weighted by molar-refractivity contribution is 7.43. The van der Waals surface area contributed by atoms with Crippen molar-refractivity contribution in [1.82, 2.24) is 39.3 Å². The first kappa shape index (κ1) is 39.7. The van der Waals surface area contributed by atoms with Gasteiger partial charge in [-0.05, 0) is 56.8 Å². The van der Waals surface area contributed by atoms with E-state index in [2.05, 4.69) is 37.2 Å². The molecule has 4 heterocycles. The molecule has 1 aromatic carbocycles. The molecule has 3 atom stereocenters. The van der Waals surface area contributed by atoms with E-state index >= 15 is 0 Å². The Morgan fingerprint density at radius 1 is 1.21 bits per heavy atom. The maximum absolute atomic E-state index is 13.3. The van der Waals surface area contributed by atoms with Gasteiger partial charge in [0.1, 0.15) is 24.2 Å². The number of nitrogens with one attached hydrogen (secondary N) is 3. The summed E-state index contributed by atoms with van der Waals surface area (Å²) in [5, 5.41) is 17.5. The van der Waals surface area contributed by atoms with Crippen molar-refractivity contribution in [3.8, 4) is 0 Å². The third-order valence-corrected chi connectivity index (χ3v) is 10.1. The third kappa shape index (κ3) is 9.42. The second-order valence-corrected chi connectivity index (χ2v) is 13.9. The molecule has 0 radical (unpaired) electrons. The number of likely N-dealkylation sites (N-methyl/N-ethyl adjacent to an activating group) is 1. The van der Waals surface area contributed by atoms with Crippen LogP contribution >= 0.6 is 8.58 Å². The molecule has 0 bridgehead atoms. The third-order valence-electron chi connectivity index (χ3n) is 8.83. The van der Waals surface area contributed by atoms with E-state index in [9.17, 15) is 23.6 Å². The van der Waals surface area contributed by atoms with E-state index < -0.39 is 18.1 Å². The number of nitrogens with zero attached hydrogens (tertiary/aromatic N) is 6. The van der Waals surface area contributed by atoms with Crippen molar-refractivity contribution in [2.45, 2.75) is 56.9 Å². The average Bonchev–Trinajstić information content (AvgIpc) is 3.66. The number of alkyl halides is 1. The Balaban J connectivity index is 0.00000195. The number of unbranched alkanes of at least 4 members (excludes halogenated alkanes) is 1. The van der Waals surface area contributed by atoms with Crippen molar-refractivity contribution in [3.63, 3.8) is 0 Å². The molecule has 0 aliphatic carbocycles. The summed E-state index contributed by atoms with van der Waals surface area (Å²) in [5.41, 5.74) is 9.18. The molecule has 1 saturated heterocycles. The molecule has 5 rings (SSSR count). The van der Waals surface area contributed by atoms with Gasteiger partial charge < -0.3 is 31.5 Å². The molecule has 3 unspecified atom stereocenters. The van der Waals surface area contributed by atoms with Crippen LogP contribution in [0.1, 0.15) is 60.3 Å². The van der Waals surface area contributed by atoms with Crippen molar-refractivity contribution >= 4 is 61.6 Å².